The summed E-state index contributed by atoms with van der Waals surface area (Å²) in [7, 11) is 0. The van der Waals surface area contributed by atoms with Crippen molar-refractivity contribution in [2.24, 2.45) is 0 Å². The second kappa shape index (κ2) is 8.89. The van der Waals surface area contributed by atoms with E-state index in [9.17, 15) is 0 Å². The zero-order chi connectivity index (χ0) is 20.2. The lowest BCUT2D eigenvalue weighted by Gasteiger charge is -2.30. The summed E-state index contributed by atoms with van der Waals surface area (Å²) in [5.41, 5.74) is 10.9. The molecule has 0 spiro atoms. The van der Waals surface area contributed by atoms with Crippen LogP contribution in [-0.4, -0.2) is 0 Å². The number of fused-ring (bicyclic) bond motifs is 5. The Morgan fingerprint density at radius 2 is 1.60 bits per heavy atom. The maximum atomic E-state index is 2.92. The van der Waals surface area contributed by atoms with Gasteiger partial charge in [0.05, 0.1) is 0 Å². The maximum Gasteiger partial charge on any atom is 0.000442 e. The minimum atomic E-state index is 0.725. The van der Waals surface area contributed by atoms with E-state index in [1.54, 1.807) is 22.3 Å². The Morgan fingerprint density at radius 3 is 2.43 bits per heavy atom. The third kappa shape index (κ3) is 3.93. The minimum absolute atomic E-state index is 0.725. The molecule has 6 rings (SSSR count). The number of rotatable bonds is 1. The molecule has 0 bridgehead atoms. The van der Waals surface area contributed by atoms with Crippen molar-refractivity contribution < 1.29 is 0 Å². The van der Waals surface area contributed by atoms with Gasteiger partial charge in [-0.05, 0) is 106 Å². The first-order valence-corrected chi connectivity index (χ1v) is 11.8. The van der Waals surface area contributed by atoms with Crippen LogP contribution >= 0.6 is 11.3 Å². The van der Waals surface area contributed by atoms with Crippen molar-refractivity contribution in [1.82, 2.24) is 5.32 Å². The minimum Gasteiger partial charge on any atom is -0.368 e. The van der Waals surface area contributed by atoms with E-state index in [0.29, 0.717) is 0 Å². The van der Waals surface area contributed by atoms with Crippen LogP contribution in [0.15, 0.2) is 89.9 Å². The molecule has 1 atom stereocenters. The average molecular weight is 410 g/mol. The van der Waals surface area contributed by atoms with Crippen LogP contribution in [0.5, 0.6) is 0 Å². The lowest BCUT2D eigenvalue weighted by Crippen LogP contribution is -2.16. The van der Waals surface area contributed by atoms with E-state index in [1.165, 1.54) is 48.8 Å². The van der Waals surface area contributed by atoms with Gasteiger partial charge in [0, 0.05) is 12.4 Å². The Morgan fingerprint density at radius 1 is 0.733 bits per heavy atom. The van der Waals surface area contributed by atoms with Crippen molar-refractivity contribution in [3.63, 3.8) is 0 Å². The highest BCUT2D eigenvalue weighted by molar-refractivity contribution is 7.08. The second-order valence-electron chi connectivity index (χ2n) is 8.15. The summed E-state index contributed by atoms with van der Waals surface area (Å²) in [5, 5.41) is 7.48. The number of thiophene rings is 1. The molecule has 3 aliphatic rings. The lowest BCUT2D eigenvalue weighted by molar-refractivity contribution is 0.582. The molecule has 0 saturated carbocycles. The topological polar surface area (TPSA) is 12.0 Å². The van der Waals surface area contributed by atoms with Crippen molar-refractivity contribution in [2.45, 2.75) is 38.0 Å². The standard InChI is InChI=1S/C22H20S.C6H7N/c1-2-4-19-15(3-1)5-9-22-20-8-6-16(18-11-12-23-14-18)13-17(20)7-10-21(19)22;1-2-4-6-7-5-3-1/h1-4,7,10-12,14,16H,5-6,8-9,13H2;1-7H. The third-order valence-corrected chi connectivity index (χ3v) is 7.12. The fourth-order valence-electron chi connectivity index (χ4n) is 4.93. The predicted octanol–water partition coefficient (Wildman–Crippen LogP) is 6.96. The van der Waals surface area contributed by atoms with E-state index in [-0.39, 0.29) is 0 Å². The average Bonchev–Trinajstić information content (AvgIpc) is 3.18. The third-order valence-electron chi connectivity index (χ3n) is 6.42. The van der Waals surface area contributed by atoms with Crippen molar-refractivity contribution >= 4 is 11.3 Å². The molecule has 1 N–H and O–H groups in total. The zero-order valence-electron chi connectivity index (χ0n) is 17.2. The van der Waals surface area contributed by atoms with Gasteiger partial charge in [0.25, 0.3) is 0 Å². The number of aryl methyl sites for hydroxylation is 1. The molecule has 1 unspecified atom stereocenters. The summed E-state index contributed by atoms with van der Waals surface area (Å²) < 4.78 is 0. The molecule has 0 radical (unpaired) electrons. The van der Waals surface area contributed by atoms with Gasteiger partial charge in [-0.3, -0.25) is 0 Å². The van der Waals surface area contributed by atoms with Crippen LogP contribution in [0.2, 0.25) is 0 Å². The van der Waals surface area contributed by atoms with Crippen molar-refractivity contribution in [3.05, 3.63) is 118 Å². The van der Waals surface area contributed by atoms with Crippen LogP contribution in [-0.2, 0) is 25.7 Å². The molecule has 30 heavy (non-hydrogen) atoms. The molecule has 1 nitrogen and oxygen atoms in total. The largest absolute Gasteiger partial charge is 0.368 e. The van der Waals surface area contributed by atoms with Gasteiger partial charge in [-0.15, -0.1) is 0 Å². The van der Waals surface area contributed by atoms with Gasteiger partial charge in [-0.1, -0.05) is 48.6 Å². The highest BCUT2D eigenvalue weighted by Gasteiger charge is 2.26. The SMILES string of the molecule is C1=CC=CNC=C1.c1ccc2c(c1)CCc1c-2ccc2c1CCC(c1ccsc1)C2. The first-order valence-electron chi connectivity index (χ1n) is 10.9. The summed E-state index contributed by atoms with van der Waals surface area (Å²) in [6.45, 7) is 0. The van der Waals surface area contributed by atoms with Gasteiger partial charge >= 0.3 is 0 Å². The van der Waals surface area contributed by atoms with Crippen LogP contribution in [0.4, 0.5) is 0 Å². The molecule has 0 fully saturated rings. The summed E-state index contributed by atoms with van der Waals surface area (Å²) in [6.07, 6.45) is 17.8. The van der Waals surface area contributed by atoms with E-state index >= 15 is 0 Å². The summed E-state index contributed by atoms with van der Waals surface area (Å²) in [4.78, 5) is 0. The highest BCUT2D eigenvalue weighted by Crippen LogP contribution is 2.41. The molecule has 2 aromatic carbocycles. The monoisotopic (exact) mass is 409 g/mol. The van der Waals surface area contributed by atoms with Crippen molar-refractivity contribution in [1.29, 1.82) is 0 Å². The number of nitrogens with one attached hydrogen (secondary N) is 1. The molecule has 1 aromatic heterocycles. The Labute approximate surface area is 183 Å². The lowest BCUT2D eigenvalue weighted by atomic mass is 9.74. The van der Waals surface area contributed by atoms with Gasteiger partial charge in [-0.2, -0.15) is 11.3 Å². The Bertz CT molecular complexity index is 1090. The first kappa shape index (κ1) is 19.1. The molecule has 0 saturated heterocycles. The molecular formula is C28H27NS. The Kier molecular flexibility index (Phi) is 5.67. The maximum absolute atomic E-state index is 2.92. The van der Waals surface area contributed by atoms with Gasteiger partial charge in [0.1, 0.15) is 0 Å². The normalized spacial score (nSPS) is 18.2. The van der Waals surface area contributed by atoms with Gasteiger partial charge in [0.15, 0.2) is 0 Å². The van der Waals surface area contributed by atoms with Crippen molar-refractivity contribution in [2.75, 3.05) is 0 Å². The molecule has 3 aromatic rings. The van der Waals surface area contributed by atoms with Gasteiger partial charge in [-0.25, -0.2) is 0 Å². The van der Waals surface area contributed by atoms with Crippen molar-refractivity contribution in [3.8, 4) is 11.1 Å². The molecule has 2 heteroatoms. The molecule has 2 heterocycles. The molecule has 1 aliphatic heterocycles. The number of benzene rings is 2. The van der Waals surface area contributed by atoms with Crippen LogP contribution in [0, 0.1) is 0 Å². The molecule has 0 amide bonds. The number of allylic oxidation sites excluding steroid dienone is 4. The quantitative estimate of drug-likeness (QED) is 0.458. The van der Waals surface area contributed by atoms with E-state index in [1.807, 2.05) is 48.0 Å². The Balaban J connectivity index is 0.000000236. The van der Waals surface area contributed by atoms with Crippen LogP contribution in [0.1, 0.15) is 40.2 Å². The smallest absolute Gasteiger partial charge is 0.000442 e. The first-order chi connectivity index (χ1) is 14.9. The fraction of sp³-hybridized carbons (Fsp3) is 0.214. The summed E-state index contributed by atoms with van der Waals surface area (Å²) in [5.74, 6) is 0.725. The van der Waals surface area contributed by atoms with Crippen LogP contribution < -0.4 is 5.32 Å². The Hall–Kier alpha value is -2.84. The van der Waals surface area contributed by atoms with Crippen LogP contribution in [0.3, 0.4) is 0 Å². The van der Waals surface area contributed by atoms with Crippen LogP contribution in [0.25, 0.3) is 11.1 Å². The van der Waals surface area contributed by atoms with E-state index in [2.05, 4.69) is 58.5 Å². The predicted molar refractivity (Wildman–Crippen MR) is 129 cm³/mol. The van der Waals surface area contributed by atoms with E-state index in [4.69, 9.17) is 0 Å². The second-order valence-corrected chi connectivity index (χ2v) is 8.93. The van der Waals surface area contributed by atoms with Gasteiger partial charge in [0.2, 0.25) is 0 Å². The van der Waals surface area contributed by atoms with Gasteiger partial charge < -0.3 is 5.32 Å². The highest BCUT2D eigenvalue weighted by atomic mass is 32.1. The fourth-order valence-corrected chi connectivity index (χ4v) is 5.67. The summed E-state index contributed by atoms with van der Waals surface area (Å²) >= 11 is 1.83. The number of hydrogen-bond donors (Lipinski definition) is 1. The molecule has 2 aliphatic carbocycles. The zero-order valence-corrected chi connectivity index (χ0v) is 18.0. The molecular weight excluding hydrogens is 382 g/mol. The van der Waals surface area contributed by atoms with E-state index in [0.717, 1.165) is 5.92 Å². The summed E-state index contributed by atoms with van der Waals surface area (Å²) in [6, 6.07) is 16.1. The number of hydrogen-bond acceptors (Lipinski definition) is 2. The molecule has 150 valence electrons. The van der Waals surface area contributed by atoms with E-state index < -0.39 is 0 Å².